The first-order valence-electron chi connectivity index (χ1n) is 9.06. The number of thiophene rings is 1. The summed E-state index contributed by atoms with van der Waals surface area (Å²) in [6, 6.07) is 15.5. The summed E-state index contributed by atoms with van der Waals surface area (Å²) in [5.41, 5.74) is 1.27. The van der Waals surface area contributed by atoms with E-state index in [0.29, 0.717) is 16.7 Å². The van der Waals surface area contributed by atoms with Gasteiger partial charge in [0.15, 0.2) is 11.0 Å². The maximum atomic E-state index is 13.3. The van der Waals surface area contributed by atoms with Gasteiger partial charge in [0.2, 0.25) is 5.91 Å². The first-order valence-corrected chi connectivity index (χ1v) is 11.3. The number of carbonyl (C=O) groups excluding carboxylic acids is 1. The highest BCUT2D eigenvalue weighted by atomic mass is 35.5. The molecule has 31 heavy (non-hydrogen) atoms. The van der Waals surface area contributed by atoms with Crippen molar-refractivity contribution < 1.29 is 13.9 Å². The Hall–Kier alpha value is -2.88. The number of hydrogen-bond donors (Lipinski definition) is 1. The summed E-state index contributed by atoms with van der Waals surface area (Å²) in [6.45, 7) is 0. The molecule has 0 saturated carbocycles. The Bertz CT molecular complexity index is 1200. The van der Waals surface area contributed by atoms with Crippen LogP contribution in [0.5, 0.6) is 5.75 Å². The van der Waals surface area contributed by atoms with Crippen LogP contribution in [0.3, 0.4) is 0 Å². The van der Waals surface area contributed by atoms with Crippen LogP contribution in [-0.2, 0) is 4.79 Å². The van der Waals surface area contributed by atoms with Crippen molar-refractivity contribution in [1.29, 1.82) is 0 Å². The van der Waals surface area contributed by atoms with Crippen LogP contribution in [0.4, 0.5) is 10.1 Å². The number of thioether (sulfide) groups is 1. The molecular formula is C21H16ClFN4O2S2. The van der Waals surface area contributed by atoms with Gasteiger partial charge >= 0.3 is 0 Å². The zero-order valence-corrected chi connectivity index (χ0v) is 18.6. The van der Waals surface area contributed by atoms with Crippen LogP contribution in [0.25, 0.3) is 16.4 Å². The van der Waals surface area contributed by atoms with E-state index < -0.39 is 5.82 Å². The molecule has 158 valence electrons. The van der Waals surface area contributed by atoms with Crippen molar-refractivity contribution in [3.8, 4) is 22.1 Å². The predicted molar refractivity (Wildman–Crippen MR) is 122 cm³/mol. The minimum absolute atomic E-state index is 0.0507. The number of benzene rings is 2. The lowest BCUT2D eigenvalue weighted by atomic mass is 10.3. The topological polar surface area (TPSA) is 69.0 Å². The molecule has 6 nitrogen and oxygen atoms in total. The summed E-state index contributed by atoms with van der Waals surface area (Å²) in [7, 11) is 1.61. The van der Waals surface area contributed by atoms with E-state index in [-0.39, 0.29) is 16.7 Å². The number of nitrogens with one attached hydrogen (secondary N) is 1. The average molecular weight is 475 g/mol. The van der Waals surface area contributed by atoms with Crippen LogP contribution in [-0.4, -0.2) is 33.5 Å². The van der Waals surface area contributed by atoms with Gasteiger partial charge < -0.3 is 10.1 Å². The van der Waals surface area contributed by atoms with Gasteiger partial charge in [0, 0.05) is 5.69 Å². The molecule has 1 N–H and O–H groups in total. The second-order valence-electron chi connectivity index (χ2n) is 6.28. The summed E-state index contributed by atoms with van der Waals surface area (Å²) >= 11 is 8.57. The molecule has 0 spiro atoms. The van der Waals surface area contributed by atoms with Crippen molar-refractivity contribution in [2.75, 3.05) is 18.2 Å². The third kappa shape index (κ3) is 4.90. The number of ether oxygens (including phenoxy) is 1. The largest absolute Gasteiger partial charge is 0.497 e. The number of carbonyl (C=O) groups is 1. The Kier molecular flexibility index (Phi) is 6.55. The van der Waals surface area contributed by atoms with Crippen LogP contribution < -0.4 is 10.1 Å². The van der Waals surface area contributed by atoms with E-state index in [0.717, 1.165) is 16.3 Å². The lowest BCUT2D eigenvalue weighted by Crippen LogP contribution is -2.14. The van der Waals surface area contributed by atoms with Gasteiger partial charge in [-0.1, -0.05) is 29.4 Å². The molecule has 4 aromatic rings. The summed E-state index contributed by atoms with van der Waals surface area (Å²) < 4.78 is 20.4. The standard InChI is InChI=1S/C21H16ClFN4O2S2/c1-29-15-7-5-14(6-8-15)27-20(18-3-2-10-30-18)25-26-21(27)31-12-19(28)24-13-4-9-17(23)16(22)11-13/h2-11H,12H2,1H3,(H,24,28). The van der Waals surface area contributed by atoms with Gasteiger partial charge in [-0.25, -0.2) is 4.39 Å². The summed E-state index contributed by atoms with van der Waals surface area (Å²) in [5, 5.41) is 13.8. The van der Waals surface area contributed by atoms with Crippen molar-refractivity contribution in [2.45, 2.75) is 5.16 Å². The fraction of sp³-hybridized carbons (Fsp3) is 0.0952. The SMILES string of the molecule is COc1ccc(-n2c(SCC(=O)Nc3ccc(F)c(Cl)c3)nnc2-c2cccs2)cc1. The first kappa shape index (κ1) is 21.4. The van der Waals surface area contributed by atoms with E-state index in [4.69, 9.17) is 16.3 Å². The molecule has 2 aromatic heterocycles. The van der Waals surface area contributed by atoms with Crippen LogP contribution in [0.1, 0.15) is 0 Å². The molecule has 0 bridgehead atoms. The van der Waals surface area contributed by atoms with Gasteiger partial charge in [-0.05, 0) is 53.9 Å². The predicted octanol–water partition coefficient (Wildman–Crippen LogP) is 5.53. The van der Waals surface area contributed by atoms with Crippen LogP contribution in [0.15, 0.2) is 65.1 Å². The molecule has 4 rings (SSSR count). The van der Waals surface area contributed by atoms with Gasteiger partial charge in [0.1, 0.15) is 11.6 Å². The summed E-state index contributed by atoms with van der Waals surface area (Å²) in [6.07, 6.45) is 0. The van der Waals surface area contributed by atoms with Gasteiger partial charge in [0.25, 0.3) is 0 Å². The van der Waals surface area contributed by atoms with Gasteiger partial charge in [-0.2, -0.15) is 0 Å². The number of amides is 1. The van der Waals surface area contributed by atoms with Crippen LogP contribution in [0, 0.1) is 5.82 Å². The minimum Gasteiger partial charge on any atom is -0.497 e. The normalized spacial score (nSPS) is 10.8. The quantitative estimate of drug-likeness (QED) is 0.357. The lowest BCUT2D eigenvalue weighted by molar-refractivity contribution is -0.113. The highest BCUT2D eigenvalue weighted by Crippen LogP contribution is 2.31. The molecule has 1 amide bonds. The van der Waals surface area contributed by atoms with Crippen molar-refractivity contribution >= 4 is 46.3 Å². The fourth-order valence-electron chi connectivity index (χ4n) is 2.79. The molecule has 0 fully saturated rings. The zero-order chi connectivity index (χ0) is 21.8. The number of nitrogens with zero attached hydrogens (tertiary/aromatic N) is 3. The van der Waals surface area contributed by atoms with E-state index in [1.165, 1.54) is 30.0 Å². The molecule has 0 radical (unpaired) electrons. The Balaban J connectivity index is 1.56. The maximum absolute atomic E-state index is 13.3. The van der Waals surface area contributed by atoms with Gasteiger partial charge in [0.05, 0.1) is 28.4 Å². The van der Waals surface area contributed by atoms with E-state index in [1.807, 2.05) is 46.3 Å². The zero-order valence-electron chi connectivity index (χ0n) is 16.2. The molecule has 0 aliphatic rings. The molecule has 10 heteroatoms. The fourth-order valence-corrected chi connectivity index (χ4v) is 4.42. The number of hydrogen-bond acceptors (Lipinski definition) is 6. The number of aromatic nitrogens is 3. The van der Waals surface area contributed by atoms with Gasteiger partial charge in [-0.3, -0.25) is 9.36 Å². The van der Waals surface area contributed by atoms with E-state index in [9.17, 15) is 9.18 Å². The van der Waals surface area contributed by atoms with Crippen molar-refractivity contribution in [3.05, 3.63) is 70.8 Å². The van der Waals surface area contributed by atoms with Gasteiger partial charge in [-0.15, -0.1) is 21.5 Å². The molecule has 0 saturated heterocycles. The van der Waals surface area contributed by atoms with Crippen molar-refractivity contribution in [1.82, 2.24) is 14.8 Å². The van der Waals surface area contributed by atoms with E-state index in [1.54, 1.807) is 18.4 Å². The van der Waals surface area contributed by atoms with Crippen LogP contribution in [0.2, 0.25) is 5.02 Å². The molecule has 0 aliphatic heterocycles. The highest BCUT2D eigenvalue weighted by Gasteiger charge is 2.18. The maximum Gasteiger partial charge on any atom is 0.234 e. The summed E-state index contributed by atoms with van der Waals surface area (Å²) in [4.78, 5) is 13.4. The summed E-state index contributed by atoms with van der Waals surface area (Å²) in [5.74, 6) is 0.708. The van der Waals surface area contributed by atoms with Crippen LogP contribution >= 0.6 is 34.7 Å². The molecule has 0 unspecified atom stereocenters. The number of halogens is 2. The third-order valence-corrected chi connectivity index (χ3v) is 6.33. The smallest absolute Gasteiger partial charge is 0.234 e. The first-order chi connectivity index (χ1) is 15.0. The highest BCUT2D eigenvalue weighted by molar-refractivity contribution is 7.99. The Labute approximate surface area is 191 Å². The number of anilines is 1. The second-order valence-corrected chi connectivity index (χ2v) is 8.58. The van der Waals surface area contributed by atoms with E-state index >= 15 is 0 Å². The Morgan fingerprint density at radius 2 is 2.03 bits per heavy atom. The van der Waals surface area contributed by atoms with Crippen molar-refractivity contribution in [3.63, 3.8) is 0 Å². The number of rotatable bonds is 7. The molecule has 0 atom stereocenters. The third-order valence-electron chi connectivity index (χ3n) is 4.24. The lowest BCUT2D eigenvalue weighted by Gasteiger charge is -2.10. The average Bonchev–Trinajstić information content (AvgIpc) is 3.44. The Morgan fingerprint density at radius 3 is 2.71 bits per heavy atom. The Morgan fingerprint density at radius 1 is 1.23 bits per heavy atom. The monoisotopic (exact) mass is 474 g/mol. The second kappa shape index (κ2) is 9.51. The number of methoxy groups -OCH3 is 1. The van der Waals surface area contributed by atoms with E-state index in [2.05, 4.69) is 15.5 Å². The van der Waals surface area contributed by atoms with Crippen molar-refractivity contribution in [2.24, 2.45) is 0 Å². The molecule has 2 heterocycles. The molecule has 2 aromatic carbocycles. The minimum atomic E-state index is -0.539. The molecular weight excluding hydrogens is 459 g/mol. The molecule has 0 aliphatic carbocycles.